The molecule has 1 fully saturated rings. The number of likely N-dealkylation sites (tertiary alicyclic amines) is 1. The van der Waals surface area contributed by atoms with Crippen molar-refractivity contribution in [2.45, 2.75) is 46.3 Å². The molecule has 1 saturated heterocycles. The van der Waals surface area contributed by atoms with Gasteiger partial charge in [-0.1, -0.05) is 41.4 Å². The van der Waals surface area contributed by atoms with Crippen LogP contribution in [0, 0.1) is 6.92 Å². The summed E-state index contributed by atoms with van der Waals surface area (Å²) < 4.78 is 11.8. The summed E-state index contributed by atoms with van der Waals surface area (Å²) in [5.41, 5.74) is 3.28. The molecule has 1 heterocycles. The standard InChI is InChI=1S/C24H31ClN2O3/c1-3-29-22-14-20(16-26-10-6-12-27-11-5-9-24(27)28)21(25)15-23(22)30-17-19-8-4-7-18(2)13-19/h4,7-8,13-15,26H,3,5-6,9-12,16-17H2,1-2H3. The number of carbonyl (C=O) groups is 1. The maximum atomic E-state index is 11.7. The first-order valence-corrected chi connectivity index (χ1v) is 11.1. The lowest BCUT2D eigenvalue weighted by Gasteiger charge is -2.17. The second-order valence-electron chi connectivity index (χ2n) is 7.62. The van der Waals surface area contributed by atoms with E-state index >= 15 is 0 Å². The molecule has 30 heavy (non-hydrogen) atoms. The summed E-state index contributed by atoms with van der Waals surface area (Å²) in [6.07, 6.45) is 2.61. The largest absolute Gasteiger partial charge is 0.490 e. The first kappa shape index (κ1) is 22.4. The third-order valence-electron chi connectivity index (χ3n) is 5.16. The van der Waals surface area contributed by atoms with Crippen LogP contribution >= 0.6 is 11.6 Å². The van der Waals surface area contributed by atoms with Crippen molar-refractivity contribution in [3.05, 3.63) is 58.1 Å². The zero-order valence-corrected chi connectivity index (χ0v) is 18.6. The molecule has 1 N–H and O–H groups in total. The normalized spacial score (nSPS) is 13.7. The number of aryl methyl sites for hydroxylation is 1. The second kappa shape index (κ2) is 11.2. The van der Waals surface area contributed by atoms with Crippen molar-refractivity contribution < 1.29 is 14.3 Å². The minimum atomic E-state index is 0.278. The van der Waals surface area contributed by atoms with Gasteiger partial charge in [-0.15, -0.1) is 0 Å². The fraction of sp³-hybridized carbons (Fsp3) is 0.458. The Morgan fingerprint density at radius 3 is 2.73 bits per heavy atom. The van der Waals surface area contributed by atoms with Gasteiger partial charge < -0.3 is 19.7 Å². The Morgan fingerprint density at radius 1 is 1.17 bits per heavy atom. The van der Waals surface area contributed by atoms with Crippen molar-refractivity contribution in [2.24, 2.45) is 0 Å². The van der Waals surface area contributed by atoms with E-state index in [-0.39, 0.29) is 5.91 Å². The van der Waals surface area contributed by atoms with Crippen LogP contribution < -0.4 is 14.8 Å². The molecule has 0 spiro atoms. The zero-order chi connectivity index (χ0) is 21.3. The van der Waals surface area contributed by atoms with E-state index in [1.165, 1.54) is 5.56 Å². The maximum absolute atomic E-state index is 11.7. The average molecular weight is 431 g/mol. The fourth-order valence-electron chi connectivity index (χ4n) is 3.62. The molecule has 0 atom stereocenters. The van der Waals surface area contributed by atoms with E-state index in [4.69, 9.17) is 21.1 Å². The molecule has 1 aliphatic rings. The smallest absolute Gasteiger partial charge is 0.222 e. The molecule has 0 aromatic heterocycles. The SMILES string of the molecule is CCOc1cc(CNCCCN2CCCC2=O)c(Cl)cc1OCc1cccc(C)c1. The van der Waals surface area contributed by atoms with Crippen LogP contribution in [0.2, 0.25) is 5.02 Å². The molecule has 1 aliphatic heterocycles. The summed E-state index contributed by atoms with van der Waals surface area (Å²) in [5.74, 6) is 1.63. The summed E-state index contributed by atoms with van der Waals surface area (Å²) in [7, 11) is 0. The fourth-order valence-corrected chi connectivity index (χ4v) is 3.84. The van der Waals surface area contributed by atoms with Crippen molar-refractivity contribution in [1.29, 1.82) is 0 Å². The summed E-state index contributed by atoms with van der Waals surface area (Å²) in [6, 6.07) is 12.0. The van der Waals surface area contributed by atoms with Gasteiger partial charge in [0, 0.05) is 37.1 Å². The highest BCUT2D eigenvalue weighted by molar-refractivity contribution is 6.31. The molecule has 0 bridgehead atoms. The quantitative estimate of drug-likeness (QED) is 0.523. The van der Waals surface area contributed by atoms with Gasteiger partial charge in [0.1, 0.15) is 6.61 Å². The number of nitrogens with one attached hydrogen (secondary N) is 1. The van der Waals surface area contributed by atoms with E-state index < -0.39 is 0 Å². The highest BCUT2D eigenvalue weighted by Gasteiger charge is 2.19. The Morgan fingerprint density at radius 2 is 2.00 bits per heavy atom. The Labute approximate surface area is 184 Å². The van der Waals surface area contributed by atoms with Crippen LogP contribution in [-0.2, 0) is 17.9 Å². The third-order valence-corrected chi connectivity index (χ3v) is 5.51. The summed E-state index contributed by atoms with van der Waals surface area (Å²) in [6.45, 7) is 8.22. The molecule has 5 nitrogen and oxygen atoms in total. The van der Waals surface area contributed by atoms with Gasteiger partial charge in [0.15, 0.2) is 11.5 Å². The average Bonchev–Trinajstić information content (AvgIpc) is 3.13. The van der Waals surface area contributed by atoms with E-state index in [9.17, 15) is 4.79 Å². The van der Waals surface area contributed by atoms with E-state index in [2.05, 4.69) is 24.4 Å². The van der Waals surface area contributed by atoms with Gasteiger partial charge >= 0.3 is 0 Å². The molecule has 162 valence electrons. The molecule has 0 aliphatic carbocycles. The van der Waals surface area contributed by atoms with Crippen LogP contribution in [0.25, 0.3) is 0 Å². The lowest BCUT2D eigenvalue weighted by molar-refractivity contribution is -0.127. The topological polar surface area (TPSA) is 50.8 Å². The van der Waals surface area contributed by atoms with Crippen LogP contribution in [0.3, 0.4) is 0 Å². The molecular formula is C24H31ClN2O3. The second-order valence-corrected chi connectivity index (χ2v) is 8.02. The summed E-state index contributed by atoms with van der Waals surface area (Å²) in [5, 5.41) is 4.07. The van der Waals surface area contributed by atoms with E-state index in [0.717, 1.165) is 43.6 Å². The van der Waals surface area contributed by atoms with Crippen LogP contribution in [0.4, 0.5) is 0 Å². The minimum Gasteiger partial charge on any atom is -0.490 e. The lowest BCUT2D eigenvalue weighted by atomic mass is 10.1. The Balaban J connectivity index is 1.54. The van der Waals surface area contributed by atoms with Gasteiger partial charge in [0.25, 0.3) is 0 Å². The molecule has 1 amide bonds. The van der Waals surface area contributed by atoms with Gasteiger partial charge in [-0.25, -0.2) is 0 Å². The number of hydrogen-bond donors (Lipinski definition) is 1. The molecule has 6 heteroatoms. The van der Waals surface area contributed by atoms with Crippen LogP contribution in [-0.4, -0.2) is 37.0 Å². The minimum absolute atomic E-state index is 0.278. The molecule has 3 rings (SSSR count). The highest BCUT2D eigenvalue weighted by Crippen LogP contribution is 2.34. The Bertz CT molecular complexity index is 856. The maximum Gasteiger partial charge on any atom is 0.222 e. The highest BCUT2D eigenvalue weighted by atomic mass is 35.5. The molecule has 2 aromatic rings. The summed E-state index contributed by atoms with van der Waals surface area (Å²) in [4.78, 5) is 13.6. The van der Waals surface area contributed by atoms with Crippen molar-refractivity contribution in [2.75, 3.05) is 26.2 Å². The van der Waals surface area contributed by atoms with E-state index in [1.54, 1.807) is 0 Å². The number of nitrogens with zero attached hydrogens (tertiary/aromatic N) is 1. The molecule has 2 aromatic carbocycles. The third kappa shape index (κ3) is 6.38. The van der Waals surface area contributed by atoms with E-state index in [1.807, 2.05) is 36.1 Å². The molecular weight excluding hydrogens is 400 g/mol. The number of carbonyl (C=O) groups excluding carboxylic acids is 1. The number of ether oxygens (including phenoxy) is 2. The van der Waals surface area contributed by atoms with Crippen LogP contribution in [0.1, 0.15) is 42.9 Å². The first-order chi connectivity index (χ1) is 14.6. The van der Waals surface area contributed by atoms with Crippen molar-refractivity contribution in [3.63, 3.8) is 0 Å². The monoisotopic (exact) mass is 430 g/mol. The summed E-state index contributed by atoms with van der Waals surface area (Å²) >= 11 is 6.52. The molecule has 0 unspecified atom stereocenters. The zero-order valence-electron chi connectivity index (χ0n) is 17.9. The number of amides is 1. The van der Waals surface area contributed by atoms with Gasteiger partial charge in [-0.05, 0) is 50.4 Å². The number of rotatable bonds is 11. The first-order valence-electron chi connectivity index (χ1n) is 10.7. The van der Waals surface area contributed by atoms with Gasteiger partial charge in [-0.2, -0.15) is 0 Å². The predicted molar refractivity (Wildman–Crippen MR) is 120 cm³/mol. The number of halogens is 1. The van der Waals surface area contributed by atoms with Gasteiger partial charge in [-0.3, -0.25) is 4.79 Å². The van der Waals surface area contributed by atoms with E-state index in [0.29, 0.717) is 42.7 Å². The number of benzene rings is 2. The Kier molecular flexibility index (Phi) is 8.40. The molecule has 0 saturated carbocycles. The van der Waals surface area contributed by atoms with Crippen molar-refractivity contribution >= 4 is 17.5 Å². The van der Waals surface area contributed by atoms with Crippen molar-refractivity contribution in [3.8, 4) is 11.5 Å². The van der Waals surface area contributed by atoms with Crippen LogP contribution in [0.5, 0.6) is 11.5 Å². The van der Waals surface area contributed by atoms with Gasteiger partial charge in [0.2, 0.25) is 5.91 Å². The Hall–Kier alpha value is -2.24. The predicted octanol–water partition coefficient (Wildman–Crippen LogP) is 4.73. The molecule has 0 radical (unpaired) electrons. The van der Waals surface area contributed by atoms with Gasteiger partial charge in [0.05, 0.1) is 6.61 Å². The van der Waals surface area contributed by atoms with Crippen LogP contribution in [0.15, 0.2) is 36.4 Å². The number of hydrogen-bond acceptors (Lipinski definition) is 4. The lowest BCUT2D eigenvalue weighted by Crippen LogP contribution is -2.28. The van der Waals surface area contributed by atoms with Crippen molar-refractivity contribution in [1.82, 2.24) is 10.2 Å².